The molecular weight excluding hydrogens is 351 g/mol. The molecule has 1 aromatic heterocycles. The fourth-order valence-corrected chi connectivity index (χ4v) is 3.13. The van der Waals surface area contributed by atoms with E-state index in [1.807, 2.05) is 6.92 Å². The third-order valence-corrected chi connectivity index (χ3v) is 4.70. The van der Waals surface area contributed by atoms with E-state index in [1.54, 1.807) is 11.4 Å². The molecule has 0 spiro atoms. The Labute approximate surface area is 148 Å². The van der Waals surface area contributed by atoms with E-state index >= 15 is 0 Å². The van der Waals surface area contributed by atoms with Crippen molar-refractivity contribution in [2.24, 2.45) is 5.73 Å². The van der Waals surface area contributed by atoms with E-state index in [4.69, 9.17) is 5.73 Å². The zero-order chi connectivity index (χ0) is 18.4. The molecule has 1 unspecified atom stereocenters. The molecule has 3 N–H and O–H groups in total. The van der Waals surface area contributed by atoms with E-state index in [1.165, 1.54) is 17.4 Å². The molecule has 0 saturated heterocycles. The maximum absolute atomic E-state index is 12.8. The fraction of sp³-hybridized carbons (Fsp3) is 0.412. The van der Waals surface area contributed by atoms with Crippen molar-refractivity contribution in [2.45, 2.75) is 31.9 Å². The standard InChI is InChI=1S/C17H20F3N3OS/c1-11(12-3-2-4-13(9-12)17(18,19)20)6-8-22-16(24)14-10-25-15(23-14)5-7-21/h2-4,9-11H,5-8,21H2,1H3,(H,22,24). The van der Waals surface area contributed by atoms with Gasteiger partial charge in [0, 0.05) is 18.3 Å². The maximum atomic E-state index is 12.8. The van der Waals surface area contributed by atoms with Crippen molar-refractivity contribution in [2.75, 3.05) is 13.1 Å². The van der Waals surface area contributed by atoms with Crippen LogP contribution in [0.4, 0.5) is 13.2 Å². The van der Waals surface area contributed by atoms with Gasteiger partial charge in [-0.1, -0.05) is 25.1 Å². The number of carbonyl (C=O) groups excluding carboxylic acids is 1. The number of hydrogen-bond acceptors (Lipinski definition) is 4. The molecule has 4 nitrogen and oxygen atoms in total. The number of thiazole rings is 1. The van der Waals surface area contributed by atoms with Crippen LogP contribution in [0.3, 0.4) is 0 Å². The van der Waals surface area contributed by atoms with Crippen molar-refractivity contribution in [1.82, 2.24) is 10.3 Å². The van der Waals surface area contributed by atoms with Crippen LogP contribution >= 0.6 is 11.3 Å². The minimum absolute atomic E-state index is 0.106. The van der Waals surface area contributed by atoms with Crippen LogP contribution in [0.1, 0.15) is 45.9 Å². The maximum Gasteiger partial charge on any atom is 0.416 e. The molecule has 0 aliphatic rings. The van der Waals surface area contributed by atoms with E-state index < -0.39 is 11.7 Å². The predicted molar refractivity (Wildman–Crippen MR) is 91.7 cm³/mol. The monoisotopic (exact) mass is 371 g/mol. The lowest BCUT2D eigenvalue weighted by molar-refractivity contribution is -0.137. The predicted octanol–water partition coefficient (Wildman–Crippen LogP) is 3.59. The summed E-state index contributed by atoms with van der Waals surface area (Å²) in [7, 11) is 0. The lowest BCUT2D eigenvalue weighted by atomic mass is 9.96. The SMILES string of the molecule is CC(CCNC(=O)c1csc(CCN)n1)c1cccc(C(F)(F)F)c1. The van der Waals surface area contributed by atoms with Crippen molar-refractivity contribution in [1.29, 1.82) is 0 Å². The molecular formula is C17H20F3N3OS. The second-order valence-electron chi connectivity index (χ2n) is 5.73. The van der Waals surface area contributed by atoms with Crippen LogP contribution in [0.15, 0.2) is 29.6 Å². The minimum Gasteiger partial charge on any atom is -0.351 e. The summed E-state index contributed by atoms with van der Waals surface area (Å²) in [4.78, 5) is 16.2. The quantitative estimate of drug-likeness (QED) is 0.782. The van der Waals surface area contributed by atoms with Crippen LogP contribution in [0.5, 0.6) is 0 Å². The smallest absolute Gasteiger partial charge is 0.351 e. The van der Waals surface area contributed by atoms with Crippen molar-refractivity contribution >= 4 is 17.2 Å². The molecule has 1 aromatic carbocycles. The Morgan fingerprint density at radius 1 is 1.40 bits per heavy atom. The third kappa shape index (κ3) is 5.54. The van der Waals surface area contributed by atoms with Crippen molar-refractivity contribution in [3.63, 3.8) is 0 Å². The van der Waals surface area contributed by atoms with Gasteiger partial charge in [-0.2, -0.15) is 13.2 Å². The number of rotatable bonds is 7. The molecule has 0 aliphatic carbocycles. The van der Waals surface area contributed by atoms with Gasteiger partial charge in [0.25, 0.3) is 5.91 Å². The molecule has 25 heavy (non-hydrogen) atoms. The summed E-state index contributed by atoms with van der Waals surface area (Å²) >= 11 is 1.38. The first-order valence-corrected chi connectivity index (χ1v) is 8.79. The highest BCUT2D eigenvalue weighted by atomic mass is 32.1. The first kappa shape index (κ1) is 19.4. The molecule has 1 heterocycles. The van der Waals surface area contributed by atoms with Crippen LogP contribution in [-0.4, -0.2) is 24.0 Å². The third-order valence-electron chi connectivity index (χ3n) is 3.79. The number of alkyl halides is 3. The van der Waals surface area contributed by atoms with Crippen LogP contribution in [0, 0.1) is 0 Å². The van der Waals surface area contributed by atoms with Gasteiger partial charge in [-0.25, -0.2) is 4.98 Å². The summed E-state index contributed by atoms with van der Waals surface area (Å²) in [6.07, 6.45) is -3.19. The second-order valence-corrected chi connectivity index (χ2v) is 6.68. The van der Waals surface area contributed by atoms with Crippen molar-refractivity contribution < 1.29 is 18.0 Å². The Morgan fingerprint density at radius 2 is 2.16 bits per heavy atom. The van der Waals surface area contributed by atoms with Gasteiger partial charge >= 0.3 is 6.18 Å². The van der Waals surface area contributed by atoms with Gasteiger partial charge in [0.15, 0.2) is 0 Å². The zero-order valence-corrected chi connectivity index (χ0v) is 14.6. The van der Waals surface area contributed by atoms with Crippen molar-refractivity contribution in [3.8, 4) is 0 Å². The van der Waals surface area contributed by atoms with E-state index in [0.29, 0.717) is 37.2 Å². The number of nitrogens with two attached hydrogens (primary N) is 1. The largest absolute Gasteiger partial charge is 0.416 e. The van der Waals surface area contributed by atoms with Crippen LogP contribution in [0.25, 0.3) is 0 Å². The number of aromatic nitrogens is 1. The Morgan fingerprint density at radius 3 is 2.84 bits per heavy atom. The highest BCUT2D eigenvalue weighted by Gasteiger charge is 2.30. The van der Waals surface area contributed by atoms with E-state index in [2.05, 4.69) is 10.3 Å². The zero-order valence-electron chi connectivity index (χ0n) is 13.8. The normalized spacial score (nSPS) is 12.8. The number of nitrogens with one attached hydrogen (secondary N) is 1. The Balaban J connectivity index is 1.87. The van der Waals surface area contributed by atoms with E-state index in [0.717, 1.165) is 17.1 Å². The van der Waals surface area contributed by atoms with Crippen LogP contribution in [-0.2, 0) is 12.6 Å². The Kier molecular flexibility index (Phi) is 6.55. The van der Waals surface area contributed by atoms with Crippen molar-refractivity contribution in [3.05, 3.63) is 51.5 Å². The number of benzene rings is 1. The molecule has 1 atom stereocenters. The molecule has 0 radical (unpaired) electrons. The molecule has 0 aliphatic heterocycles. The van der Waals surface area contributed by atoms with E-state index in [-0.39, 0.29) is 11.8 Å². The summed E-state index contributed by atoms with van der Waals surface area (Å²) in [6, 6.07) is 5.29. The summed E-state index contributed by atoms with van der Waals surface area (Å²) in [6.45, 7) is 2.67. The number of halogens is 3. The average Bonchev–Trinajstić information content (AvgIpc) is 3.03. The molecule has 0 saturated carbocycles. The molecule has 0 fully saturated rings. The van der Waals surface area contributed by atoms with Crippen LogP contribution in [0.2, 0.25) is 0 Å². The van der Waals surface area contributed by atoms with Crippen LogP contribution < -0.4 is 11.1 Å². The first-order valence-electron chi connectivity index (χ1n) is 7.91. The number of carbonyl (C=O) groups is 1. The van der Waals surface area contributed by atoms with E-state index in [9.17, 15) is 18.0 Å². The lowest BCUT2D eigenvalue weighted by Crippen LogP contribution is -2.25. The minimum atomic E-state index is -4.35. The number of hydrogen-bond donors (Lipinski definition) is 2. The van der Waals surface area contributed by atoms with Gasteiger partial charge < -0.3 is 11.1 Å². The topological polar surface area (TPSA) is 68.0 Å². The number of nitrogens with zero attached hydrogens (tertiary/aromatic N) is 1. The molecule has 1 amide bonds. The Hall–Kier alpha value is -1.93. The fourth-order valence-electron chi connectivity index (χ4n) is 2.33. The molecule has 2 rings (SSSR count). The summed E-state index contributed by atoms with van der Waals surface area (Å²) in [5, 5.41) is 5.24. The lowest BCUT2D eigenvalue weighted by Gasteiger charge is -2.14. The highest BCUT2D eigenvalue weighted by molar-refractivity contribution is 7.09. The highest BCUT2D eigenvalue weighted by Crippen LogP contribution is 2.31. The van der Waals surface area contributed by atoms with Gasteiger partial charge in [-0.15, -0.1) is 11.3 Å². The van der Waals surface area contributed by atoms with Gasteiger partial charge in [-0.05, 0) is 30.5 Å². The second kappa shape index (κ2) is 8.44. The molecule has 2 aromatic rings. The summed E-state index contributed by atoms with van der Waals surface area (Å²) < 4.78 is 38.3. The summed E-state index contributed by atoms with van der Waals surface area (Å²) in [5.41, 5.74) is 5.74. The van der Waals surface area contributed by atoms with Gasteiger partial charge in [-0.3, -0.25) is 4.79 Å². The van der Waals surface area contributed by atoms with Gasteiger partial charge in [0.2, 0.25) is 0 Å². The van der Waals surface area contributed by atoms with Gasteiger partial charge in [0.1, 0.15) is 5.69 Å². The molecule has 8 heteroatoms. The molecule has 0 bridgehead atoms. The van der Waals surface area contributed by atoms with Gasteiger partial charge in [0.05, 0.1) is 10.6 Å². The summed E-state index contributed by atoms with van der Waals surface area (Å²) in [5.74, 6) is -0.387. The molecule has 136 valence electrons. The first-order chi connectivity index (χ1) is 11.8. The number of amides is 1. The Bertz CT molecular complexity index is 715. The average molecular weight is 371 g/mol.